The fourth-order valence-corrected chi connectivity index (χ4v) is 2.72. The summed E-state index contributed by atoms with van der Waals surface area (Å²) in [4.78, 5) is 34.5. The quantitative estimate of drug-likeness (QED) is 0.500. The van der Waals surface area contributed by atoms with Gasteiger partial charge in [-0.15, -0.1) is 0 Å². The first kappa shape index (κ1) is 22.3. The molecular weight excluding hydrogens is 425 g/mol. The van der Waals surface area contributed by atoms with Crippen molar-refractivity contribution in [3.05, 3.63) is 62.1 Å². The van der Waals surface area contributed by atoms with E-state index in [-0.39, 0.29) is 15.6 Å². The first-order chi connectivity index (χ1) is 13.7. The molecule has 0 unspecified atom stereocenters. The number of nitro benzene ring substituents is 1. The standard InChI is InChI=1S/C18H17Cl2N3O6/c1-3-28-11-4-6-12(7-5-11)29-10(2)17(24)21-22-18(25)13-8-16(23(26)27)15(20)9-14(13)19/h4-10H,3H2,1-2H3,(H,21,24)(H,22,25)/t10-/m0/s1. The van der Waals surface area contributed by atoms with Crippen molar-refractivity contribution in [2.75, 3.05) is 6.61 Å². The number of carbonyl (C=O) groups excluding carboxylic acids is 2. The Hall–Kier alpha value is -3.04. The lowest BCUT2D eigenvalue weighted by atomic mass is 10.2. The molecule has 2 N–H and O–H groups in total. The number of nitrogens with one attached hydrogen (secondary N) is 2. The average molecular weight is 442 g/mol. The molecule has 0 fully saturated rings. The van der Waals surface area contributed by atoms with Gasteiger partial charge >= 0.3 is 0 Å². The number of rotatable bonds is 7. The van der Waals surface area contributed by atoms with Gasteiger partial charge in [0, 0.05) is 6.07 Å². The van der Waals surface area contributed by atoms with E-state index in [0.717, 1.165) is 12.1 Å². The second-order valence-electron chi connectivity index (χ2n) is 5.65. The molecule has 0 bridgehead atoms. The highest BCUT2D eigenvalue weighted by Crippen LogP contribution is 2.30. The van der Waals surface area contributed by atoms with E-state index in [4.69, 9.17) is 32.7 Å². The fourth-order valence-electron chi connectivity index (χ4n) is 2.18. The van der Waals surface area contributed by atoms with Gasteiger partial charge in [-0.3, -0.25) is 30.6 Å². The number of hydrogen-bond acceptors (Lipinski definition) is 6. The number of nitro groups is 1. The number of amides is 2. The van der Waals surface area contributed by atoms with Gasteiger partial charge in [-0.05, 0) is 44.2 Å². The van der Waals surface area contributed by atoms with Crippen LogP contribution >= 0.6 is 23.2 Å². The van der Waals surface area contributed by atoms with Gasteiger partial charge in [-0.1, -0.05) is 23.2 Å². The normalized spacial score (nSPS) is 11.3. The van der Waals surface area contributed by atoms with Crippen molar-refractivity contribution < 1.29 is 24.0 Å². The van der Waals surface area contributed by atoms with Crippen LogP contribution in [-0.2, 0) is 4.79 Å². The third-order valence-electron chi connectivity index (χ3n) is 3.59. The van der Waals surface area contributed by atoms with Crippen LogP contribution < -0.4 is 20.3 Å². The third-order valence-corrected chi connectivity index (χ3v) is 4.21. The summed E-state index contributed by atoms with van der Waals surface area (Å²) in [7, 11) is 0. The first-order valence-electron chi connectivity index (χ1n) is 8.36. The summed E-state index contributed by atoms with van der Waals surface area (Å²) in [5.74, 6) is -0.403. The summed E-state index contributed by atoms with van der Waals surface area (Å²) in [5, 5.41) is 10.6. The predicted octanol–water partition coefficient (Wildman–Crippen LogP) is 3.53. The third kappa shape index (κ3) is 5.97. The van der Waals surface area contributed by atoms with Gasteiger partial charge in [0.15, 0.2) is 6.10 Å². The second-order valence-corrected chi connectivity index (χ2v) is 6.46. The minimum atomic E-state index is -0.941. The Kier molecular flexibility index (Phi) is 7.63. The first-order valence-corrected chi connectivity index (χ1v) is 9.11. The molecule has 0 radical (unpaired) electrons. The van der Waals surface area contributed by atoms with E-state index in [2.05, 4.69) is 10.9 Å². The Morgan fingerprint density at radius 3 is 2.31 bits per heavy atom. The molecule has 0 aliphatic carbocycles. The monoisotopic (exact) mass is 441 g/mol. The number of halogens is 2. The van der Waals surface area contributed by atoms with E-state index in [1.54, 1.807) is 24.3 Å². The maximum atomic E-state index is 12.2. The van der Waals surface area contributed by atoms with Gasteiger partial charge in [-0.2, -0.15) is 0 Å². The van der Waals surface area contributed by atoms with Crippen LogP contribution in [0.2, 0.25) is 10.0 Å². The highest BCUT2D eigenvalue weighted by Gasteiger charge is 2.21. The highest BCUT2D eigenvalue weighted by molar-refractivity contribution is 6.37. The van der Waals surface area contributed by atoms with Crippen LogP contribution in [0, 0.1) is 10.1 Å². The molecule has 0 aliphatic rings. The Labute approximate surface area is 176 Å². The zero-order chi connectivity index (χ0) is 21.6. The summed E-state index contributed by atoms with van der Waals surface area (Å²) in [6.07, 6.45) is -0.941. The van der Waals surface area contributed by atoms with Crippen LogP contribution in [0.15, 0.2) is 36.4 Å². The summed E-state index contributed by atoms with van der Waals surface area (Å²) in [6, 6.07) is 8.67. The van der Waals surface area contributed by atoms with Gasteiger partial charge in [0.2, 0.25) is 0 Å². The number of hydrogen-bond donors (Lipinski definition) is 2. The number of benzene rings is 2. The topological polar surface area (TPSA) is 120 Å². The second kappa shape index (κ2) is 9.94. The molecule has 2 rings (SSSR count). The van der Waals surface area contributed by atoms with E-state index in [1.165, 1.54) is 6.92 Å². The van der Waals surface area contributed by atoms with Gasteiger partial charge in [0.05, 0.1) is 22.1 Å². The Morgan fingerprint density at radius 2 is 1.72 bits per heavy atom. The summed E-state index contributed by atoms with van der Waals surface area (Å²) in [6.45, 7) is 3.87. The molecule has 0 heterocycles. The lowest BCUT2D eigenvalue weighted by Crippen LogP contribution is -2.47. The smallest absolute Gasteiger partial charge is 0.288 e. The van der Waals surface area contributed by atoms with Crippen LogP contribution in [0.4, 0.5) is 5.69 Å². The maximum Gasteiger partial charge on any atom is 0.288 e. The minimum absolute atomic E-state index is 0.106. The van der Waals surface area contributed by atoms with E-state index in [1.807, 2.05) is 6.92 Å². The summed E-state index contributed by atoms with van der Waals surface area (Å²) < 4.78 is 10.8. The maximum absolute atomic E-state index is 12.2. The minimum Gasteiger partial charge on any atom is -0.494 e. The lowest BCUT2D eigenvalue weighted by Gasteiger charge is -2.15. The fraction of sp³-hybridized carbons (Fsp3) is 0.222. The predicted molar refractivity (Wildman–Crippen MR) is 106 cm³/mol. The molecule has 2 amide bonds. The largest absolute Gasteiger partial charge is 0.494 e. The molecule has 0 aromatic heterocycles. The van der Waals surface area contributed by atoms with Crippen molar-refractivity contribution in [1.82, 2.24) is 10.9 Å². The van der Waals surface area contributed by atoms with Gasteiger partial charge < -0.3 is 9.47 Å². The van der Waals surface area contributed by atoms with Crippen molar-refractivity contribution in [2.45, 2.75) is 20.0 Å². The van der Waals surface area contributed by atoms with Crippen molar-refractivity contribution in [3.63, 3.8) is 0 Å². The molecule has 2 aromatic rings. The molecule has 0 saturated heterocycles. The molecule has 9 nitrogen and oxygen atoms in total. The van der Waals surface area contributed by atoms with Crippen LogP contribution in [0.3, 0.4) is 0 Å². The number of hydrazine groups is 1. The van der Waals surface area contributed by atoms with E-state index < -0.39 is 28.5 Å². The van der Waals surface area contributed by atoms with Gasteiger partial charge in [-0.25, -0.2) is 0 Å². The van der Waals surface area contributed by atoms with Crippen LogP contribution in [-0.4, -0.2) is 29.4 Å². The molecule has 29 heavy (non-hydrogen) atoms. The average Bonchev–Trinajstić information content (AvgIpc) is 2.67. The molecule has 1 atom stereocenters. The SMILES string of the molecule is CCOc1ccc(O[C@@H](C)C(=O)NNC(=O)c2cc([N+](=O)[O-])c(Cl)cc2Cl)cc1. The zero-order valence-corrected chi connectivity index (χ0v) is 16.9. The van der Waals surface area contributed by atoms with Gasteiger partial charge in [0.1, 0.15) is 16.5 Å². The molecule has 0 spiro atoms. The van der Waals surface area contributed by atoms with Crippen LogP contribution in [0.1, 0.15) is 24.2 Å². The molecule has 154 valence electrons. The van der Waals surface area contributed by atoms with Crippen molar-refractivity contribution in [3.8, 4) is 11.5 Å². The highest BCUT2D eigenvalue weighted by atomic mass is 35.5. The lowest BCUT2D eigenvalue weighted by molar-refractivity contribution is -0.384. The molecule has 0 saturated carbocycles. The van der Waals surface area contributed by atoms with Gasteiger partial charge in [0.25, 0.3) is 17.5 Å². The van der Waals surface area contributed by atoms with Crippen molar-refractivity contribution in [1.29, 1.82) is 0 Å². The van der Waals surface area contributed by atoms with Crippen LogP contribution in [0.5, 0.6) is 11.5 Å². The van der Waals surface area contributed by atoms with E-state index in [0.29, 0.717) is 18.1 Å². The number of carbonyl (C=O) groups is 2. The van der Waals surface area contributed by atoms with E-state index >= 15 is 0 Å². The Bertz CT molecular complexity index is 921. The molecular formula is C18H17Cl2N3O6. The summed E-state index contributed by atoms with van der Waals surface area (Å²) in [5.41, 5.74) is 3.60. The Morgan fingerprint density at radius 1 is 1.10 bits per heavy atom. The van der Waals surface area contributed by atoms with Crippen molar-refractivity contribution >= 4 is 40.7 Å². The molecule has 0 aliphatic heterocycles. The molecule has 11 heteroatoms. The summed E-state index contributed by atoms with van der Waals surface area (Å²) >= 11 is 11.6. The van der Waals surface area contributed by atoms with Crippen molar-refractivity contribution in [2.24, 2.45) is 0 Å². The number of ether oxygens (including phenoxy) is 2. The zero-order valence-electron chi connectivity index (χ0n) is 15.4. The van der Waals surface area contributed by atoms with Crippen LogP contribution in [0.25, 0.3) is 0 Å². The Balaban J connectivity index is 1.96. The number of nitrogens with zero attached hydrogens (tertiary/aromatic N) is 1. The van der Waals surface area contributed by atoms with E-state index in [9.17, 15) is 19.7 Å². The molecule has 2 aromatic carbocycles.